The maximum absolute atomic E-state index is 14.0. The highest BCUT2D eigenvalue weighted by molar-refractivity contribution is 5.80. The molecule has 198 valence electrons. The van der Waals surface area contributed by atoms with Crippen molar-refractivity contribution >= 4 is 17.0 Å². The summed E-state index contributed by atoms with van der Waals surface area (Å²) in [6.45, 7) is 9.97. The second-order valence-electron chi connectivity index (χ2n) is 11.0. The molecule has 0 saturated carbocycles. The first-order chi connectivity index (χ1) is 18.0. The van der Waals surface area contributed by atoms with E-state index in [2.05, 4.69) is 34.3 Å². The Bertz CT molecular complexity index is 1530. The van der Waals surface area contributed by atoms with Crippen molar-refractivity contribution in [2.75, 3.05) is 6.54 Å². The zero-order valence-corrected chi connectivity index (χ0v) is 22.5. The lowest BCUT2D eigenvalue weighted by atomic mass is 9.84. The fourth-order valence-corrected chi connectivity index (χ4v) is 5.58. The van der Waals surface area contributed by atoms with Gasteiger partial charge >= 0.3 is 5.97 Å². The zero-order valence-electron chi connectivity index (χ0n) is 22.5. The van der Waals surface area contributed by atoms with E-state index in [0.29, 0.717) is 25.4 Å². The molecular formula is C30H33FN4O3. The maximum atomic E-state index is 14.0. The van der Waals surface area contributed by atoms with Crippen molar-refractivity contribution in [1.82, 2.24) is 19.9 Å². The number of benzene rings is 3. The number of aryl methyl sites for hydroxylation is 3. The van der Waals surface area contributed by atoms with Gasteiger partial charge in [0, 0.05) is 38.2 Å². The molecule has 1 aliphatic heterocycles. The van der Waals surface area contributed by atoms with E-state index >= 15 is 0 Å². The number of aromatic nitrogens is 3. The molecule has 0 aliphatic carbocycles. The number of nitrogens with zero attached hydrogens (tertiary/aromatic N) is 4. The molecule has 5 rings (SSSR count). The molecule has 3 aromatic carbocycles. The predicted octanol–water partition coefficient (Wildman–Crippen LogP) is 5.50. The van der Waals surface area contributed by atoms with Gasteiger partial charge in [-0.25, -0.2) is 9.07 Å². The third-order valence-electron chi connectivity index (χ3n) is 7.41. The number of aliphatic carboxylic acids is 1. The van der Waals surface area contributed by atoms with Crippen LogP contribution in [0.25, 0.3) is 11.0 Å². The van der Waals surface area contributed by atoms with E-state index in [0.717, 1.165) is 44.4 Å². The standard InChI is InChI=1S/C30H33FN4O3/c1-18-6-7-20(25(14-28(36)37)24-9-10-26-29(19(24)2)32-33-34(26)5)12-21(18)15-35-16-22-13-23(31)8-11-27(22)38-30(3,4)17-35/h6-13,25H,14-17H2,1-5H3,(H,36,37)/t25-/m1/s1. The van der Waals surface area contributed by atoms with Crippen LogP contribution < -0.4 is 4.74 Å². The van der Waals surface area contributed by atoms with Crippen LogP contribution in [0.3, 0.4) is 0 Å². The molecule has 1 aliphatic rings. The summed E-state index contributed by atoms with van der Waals surface area (Å²) in [7, 11) is 1.84. The highest BCUT2D eigenvalue weighted by Gasteiger charge is 2.30. The Labute approximate surface area is 221 Å². The van der Waals surface area contributed by atoms with E-state index in [9.17, 15) is 14.3 Å². The second kappa shape index (κ2) is 9.83. The number of rotatable bonds is 6. The normalized spacial score (nSPS) is 16.1. The molecule has 0 unspecified atom stereocenters. The maximum Gasteiger partial charge on any atom is 0.304 e. The average molecular weight is 517 g/mol. The number of carboxylic acid groups (broad SMARTS) is 1. The molecule has 1 N–H and O–H groups in total. The minimum absolute atomic E-state index is 0.0354. The predicted molar refractivity (Wildman–Crippen MR) is 144 cm³/mol. The monoisotopic (exact) mass is 516 g/mol. The van der Waals surface area contributed by atoms with Crippen molar-refractivity contribution in [2.45, 2.75) is 58.7 Å². The Morgan fingerprint density at radius 2 is 1.95 bits per heavy atom. The van der Waals surface area contributed by atoms with Crippen molar-refractivity contribution in [2.24, 2.45) is 7.05 Å². The van der Waals surface area contributed by atoms with Crippen molar-refractivity contribution < 1.29 is 19.0 Å². The number of hydrogen-bond acceptors (Lipinski definition) is 5. The molecule has 0 radical (unpaired) electrons. The van der Waals surface area contributed by atoms with E-state index in [-0.39, 0.29) is 18.2 Å². The average Bonchev–Trinajstić information content (AvgIpc) is 3.16. The Kier molecular flexibility index (Phi) is 6.69. The summed E-state index contributed by atoms with van der Waals surface area (Å²) in [6, 6.07) is 14.8. The Morgan fingerprint density at radius 1 is 1.16 bits per heavy atom. The first-order valence-electron chi connectivity index (χ1n) is 12.8. The van der Waals surface area contributed by atoms with Crippen LogP contribution in [0.4, 0.5) is 4.39 Å². The lowest BCUT2D eigenvalue weighted by Crippen LogP contribution is -2.40. The third-order valence-corrected chi connectivity index (χ3v) is 7.41. The number of carbonyl (C=O) groups is 1. The molecular weight excluding hydrogens is 483 g/mol. The molecule has 38 heavy (non-hydrogen) atoms. The molecule has 1 atom stereocenters. The largest absolute Gasteiger partial charge is 0.486 e. The van der Waals surface area contributed by atoms with Gasteiger partial charge in [-0.2, -0.15) is 0 Å². The van der Waals surface area contributed by atoms with Gasteiger partial charge in [-0.15, -0.1) is 5.10 Å². The lowest BCUT2D eigenvalue weighted by Gasteiger charge is -2.30. The topological polar surface area (TPSA) is 80.5 Å². The van der Waals surface area contributed by atoms with Crippen molar-refractivity contribution in [1.29, 1.82) is 0 Å². The van der Waals surface area contributed by atoms with E-state index in [4.69, 9.17) is 4.74 Å². The third kappa shape index (κ3) is 5.13. The fourth-order valence-electron chi connectivity index (χ4n) is 5.58. The minimum Gasteiger partial charge on any atom is -0.486 e. The van der Waals surface area contributed by atoms with Crippen LogP contribution in [0.2, 0.25) is 0 Å². The Morgan fingerprint density at radius 3 is 2.71 bits per heavy atom. The van der Waals surface area contributed by atoms with Crippen molar-refractivity contribution in [3.8, 4) is 5.75 Å². The quantitative estimate of drug-likeness (QED) is 0.364. The van der Waals surface area contributed by atoms with E-state index in [1.165, 1.54) is 6.07 Å². The van der Waals surface area contributed by atoms with Gasteiger partial charge in [0.25, 0.3) is 0 Å². The molecule has 8 heteroatoms. The smallest absolute Gasteiger partial charge is 0.304 e. The summed E-state index contributed by atoms with van der Waals surface area (Å²) in [4.78, 5) is 14.2. The van der Waals surface area contributed by atoms with Crippen LogP contribution in [0.1, 0.15) is 59.6 Å². The first kappa shape index (κ1) is 25.9. The number of hydrogen-bond donors (Lipinski definition) is 1. The van der Waals surface area contributed by atoms with Crippen LogP contribution in [-0.4, -0.2) is 43.1 Å². The van der Waals surface area contributed by atoms with Crippen LogP contribution in [0.5, 0.6) is 5.75 Å². The van der Waals surface area contributed by atoms with E-state index < -0.39 is 11.6 Å². The van der Waals surface area contributed by atoms with Crippen LogP contribution in [0.15, 0.2) is 48.5 Å². The van der Waals surface area contributed by atoms with Gasteiger partial charge in [0.2, 0.25) is 0 Å². The van der Waals surface area contributed by atoms with Gasteiger partial charge in [-0.3, -0.25) is 9.69 Å². The molecule has 0 saturated heterocycles. The van der Waals surface area contributed by atoms with Gasteiger partial charge in [0.15, 0.2) is 0 Å². The number of fused-ring (bicyclic) bond motifs is 2. The van der Waals surface area contributed by atoms with Gasteiger partial charge in [-0.1, -0.05) is 29.5 Å². The Hall–Kier alpha value is -3.78. The van der Waals surface area contributed by atoms with Gasteiger partial charge in [-0.05, 0) is 79.8 Å². The van der Waals surface area contributed by atoms with Crippen LogP contribution in [-0.2, 0) is 24.9 Å². The van der Waals surface area contributed by atoms with Crippen LogP contribution in [0, 0.1) is 19.7 Å². The molecule has 0 fully saturated rings. The summed E-state index contributed by atoms with van der Waals surface area (Å²) >= 11 is 0. The van der Waals surface area contributed by atoms with Gasteiger partial charge in [0.1, 0.15) is 22.7 Å². The summed E-state index contributed by atoms with van der Waals surface area (Å²) < 4.78 is 22.0. The number of ether oxygens (including phenoxy) is 1. The SMILES string of the molecule is Cc1ccc([C@@H](CC(=O)O)c2ccc3c(nnn3C)c2C)cc1CN1Cc2cc(F)ccc2OC(C)(C)C1. The molecule has 2 heterocycles. The minimum atomic E-state index is -0.860. The lowest BCUT2D eigenvalue weighted by molar-refractivity contribution is -0.137. The van der Waals surface area contributed by atoms with Crippen molar-refractivity contribution in [3.63, 3.8) is 0 Å². The fraction of sp³-hybridized carbons (Fsp3) is 0.367. The Balaban J connectivity index is 1.51. The molecule has 4 aromatic rings. The van der Waals surface area contributed by atoms with E-state index in [1.54, 1.807) is 16.8 Å². The highest BCUT2D eigenvalue weighted by Crippen LogP contribution is 2.35. The van der Waals surface area contributed by atoms with Crippen molar-refractivity contribution in [3.05, 3.63) is 87.7 Å². The van der Waals surface area contributed by atoms with Crippen LogP contribution >= 0.6 is 0 Å². The summed E-state index contributed by atoms with van der Waals surface area (Å²) in [5.74, 6) is -0.768. The zero-order chi connectivity index (χ0) is 27.2. The molecule has 1 aromatic heterocycles. The summed E-state index contributed by atoms with van der Waals surface area (Å²) in [5.41, 5.74) is 7.09. The van der Waals surface area contributed by atoms with E-state index in [1.807, 2.05) is 46.0 Å². The van der Waals surface area contributed by atoms with Gasteiger partial charge in [0.05, 0.1) is 11.9 Å². The summed E-state index contributed by atoms with van der Waals surface area (Å²) in [6.07, 6.45) is -0.0354. The summed E-state index contributed by atoms with van der Waals surface area (Å²) in [5, 5.41) is 18.3. The van der Waals surface area contributed by atoms with Gasteiger partial charge < -0.3 is 9.84 Å². The first-order valence-corrected chi connectivity index (χ1v) is 12.8. The molecule has 0 bridgehead atoms. The highest BCUT2D eigenvalue weighted by atomic mass is 19.1. The molecule has 0 amide bonds. The molecule has 7 nitrogen and oxygen atoms in total. The number of carboxylic acids is 1. The molecule has 0 spiro atoms. The number of halogens is 1. The second-order valence-corrected chi connectivity index (χ2v) is 11.0.